The van der Waals surface area contributed by atoms with E-state index < -0.39 is 0 Å². The highest BCUT2D eigenvalue weighted by Gasteiger charge is 2.24. The van der Waals surface area contributed by atoms with Gasteiger partial charge in [-0.25, -0.2) is 9.78 Å². The zero-order valence-corrected chi connectivity index (χ0v) is 17.7. The number of hydrogen-bond acceptors (Lipinski definition) is 4. The van der Waals surface area contributed by atoms with Gasteiger partial charge in [0, 0.05) is 26.7 Å². The van der Waals surface area contributed by atoms with Crippen LogP contribution in [0, 0.1) is 6.92 Å². The van der Waals surface area contributed by atoms with Gasteiger partial charge in [-0.2, -0.15) is 0 Å². The van der Waals surface area contributed by atoms with Crippen molar-refractivity contribution in [3.05, 3.63) is 62.1 Å². The molecule has 1 aromatic carbocycles. The monoisotopic (exact) mass is 395 g/mol. The van der Waals surface area contributed by atoms with E-state index in [1.165, 1.54) is 41.0 Å². The van der Waals surface area contributed by atoms with Crippen LogP contribution in [0.25, 0.3) is 11.2 Å². The Morgan fingerprint density at radius 1 is 1.07 bits per heavy atom. The van der Waals surface area contributed by atoms with Crippen molar-refractivity contribution in [3.8, 4) is 0 Å². The van der Waals surface area contributed by atoms with E-state index in [1.807, 2.05) is 16.7 Å². The van der Waals surface area contributed by atoms with Gasteiger partial charge < -0.3 is 4.57 Å². The molecule has 4 rings (SSSR count). The van der Waals surface area contributed by atoms with Crippen molar-refractivity contribution in [2.75, 3.05) is 6.54 Å². The maximum absolute atomic E-state index is 13.0. The third kappa shape index (κ3) is 3.44. The van der Waals surface area contributed by atoms with E-state index in [4.69, 9.17) is 4.98 Å². The summed E-state index contributed by atoms with van der Waals surface area (Å²) in [6.07, 6.45) is 3.62. The Balaban J connectivity index is 1.90. The van der Waals surface area contributed by atoms with E-state index >= 15 is 0 Å². The molecule has 7 nitrogen and oxygen atoms in total. The van der Waals surface area contributed by atoms with Crippen LogP contribution in [0.5, 0.6) is 0 Å². The highest BCUT2D eigenvalue weighted by Crippen LogP contribution is 2.22. The Kier molecular flexibility index (Phi) is 5.17. The highest BCUT2D eigenvalue weighted by molar-refractivity contribution is 5.71. The lowest BCUT2D eigenvalue weighted by Gasteiger charge is -2.33. The first kappa shape index (κ1) is 19.6. The summed E-state index contributed by atoms with van der Waals surface area (Å²) in [7, 11) is 3.21. The summed E-state index contributed by atoms with van der Waals surface area (Å²) < 4.78 is 4.67. The molecule has 7 heteroatoms. The van der Waals surface area contributed by atoms with Gasteiger partial charge in [0.1, 0.15) is 5.82 Å². The molecule has 0 aliphatic carbocycles. The Morgan fingerprint density at radius 3 is 2.55 bits per heavy atom. The first-order valence-corrected chi connectivity index (χ1v) is 10.3. The van der Waals surface area contributed by atoms with Crippen LogP contribution in [0.3, 0.4) is 0 Å². The molecule has 1 aliphatic heterocycles. The van der Waals surface area contributed by atoms with E-state index in [0.29, 0.717) is 30.3 Å². The molecule has 1 saturated heterocycles. The number of rotatable bonds is 4. The van der Waals surface area contributed by atoms with Crippen molar-refractivity contribution in [1.82, 2.24) is 23.6 Å². The van der Waals surface area contributed by atoms with Crippen molar-refractivity contribution in [1.29, 1.82) is 0 Å². The van der Waals surface area contributed by atoms with Crippen LogP contribution in [0.1, 0.15) is 43.1 Å². The quantitative estimate of drug-likeness (QED) is 0.679. The predicted molar refractivity (Wildman–Crippen MR) is 114 cm³/mol. The summed E-state index contributed by atoms with van der Waals surface area (Å²) in [6, 6.07) is 8.68. The van der Waals surface area contributed by atoms with E-state index in [2.05, 4.69) is 30.9 Å². The molecule has 1 aliphatic rings. The summed E-state index contributed by atoms with van der Waals surface area (Å²) in [4.78, 5) is 32.7. The third-order valence-corrected chi connectivity index (χ3v) is 6.30. The Morgan fingerprint density at radius 2 is 1.83 bits per heavy atom. The fourth-order valence-electron chi connectivity index (χ4n) is 4.31. The van der Waals surface area contributed by atoms with E-state index in [9.17, 15) is 9.59 Å². The van der Waals surface area contributed by atoms with E-state index in [-0.39, 0.29) is 11.2 Å². The summed E-state index contributed by atoms with van der Waals surface area (Å²) in [5.74, 6) is 0.843. The second-order valence-electron chi connectivity index (χ2n) is 8.23. The molecule has 3 aromatic rings. The van der Waals surface area contributed by atoms with Crippen LogP contribution in [0.4, 0.5) is 0 Å². The lowest BCUT2D eigenvalue weighted by Crippen LogP contribution is -2.38. The van der Waals surface area contributed by atoms with Crippen molar-refractivity contribution >= 4 is 11.2 Å². The number of aryl methyl sites for hydroxylation is 2. The Bertz CT molecular complexity index is 1170. The normalized spacial score (nSPS) is 17.9. The molecular formula is C22H29N5O2. The van der Waals surface area contributed by atoms with Gasteiger partial charge in [-0.1, -0.05) is 30.7 Å². The zero-order chi connectivity index (χ0) is 20.7. The molecule has 2 aromatic heterocycles. The van der Waals surface area contributed by atoms with Gasteiger partial charge in [0.25, 0.3) is 5.56 Å². The topological polar surface area (TPSA) is 65.1 Å². The highest BCUT2D eigenvalue weighted by atomic mass is 16.2. The Labute approximate surface area is 170 Å². The maximum Gasteiger partial charge on any atom is 0.332 e. The molecule has 0 bridgehead atoms. The van der Waals surface area contributed by atoms with Gasteiger partial charge in [0.05, 0.1) is 6.54 Å². The van der Waals surface area contributed by atoms with Crippen LogP contribution in [0.15, 0.2) is 33.9 Å². The molecule has 1 fully saturated rings. The summed E-state index contributed by atoms with van der Waals surface area (Å²) in [5.41, 5.74) is 2.65. The molecule has 0 spiro atoms. The molecule has 0 radical (unpaired) electrons. The largest absolute Gasteiger partial charge is 0.332 e. The average molecular weight is 396 g/mol. The lowest BCUT2D eigenvalue weighted by molar-refractivity contribution is 0.147. The van der Waals surface area contributed by atoms with Gasteiger partial charge in [0.2, 0.25) is 0 Å². The number of piperidine rings is 1. The molecule has 29 heavy (non-hydrogen) atoms. The summed E-state index contributed by atoms with van der Waals surface area (Å²) in [5, 5.41) is 0. The fraction of sp³-hybridized carbons (Fsp3) is 0.500. The van der Waals surface area contributed by atoms with Crippen LogP contribution in [0.2, 0.25) is 0 Å². The number of nitrogens with zero attached hydrogens (tertiary/aromatic N) is 5. The predicted octanol–water partition coefficient (Wildman–Crippen LogP) is 2.16. The number of imidazole rings is 1. The van der Waals surface area contributed by atoms with E-state index in [1.54, 1.807) is 7.05 Å². The molecule has 0 saturated carbocycles. The Hall–Kier alpha value is -2.67. The number of aromatic nitrogens is 4. The second kappa shape index (κ2) is 7.63. The van der Waals surface area contributed by atoms with E-state index in [0.717, 1.165) is 17.9 Å². The first-order valence-electron chi connectivity index (χ1n) is 10.3. The molecule has 1 unspecified atom stereocenters. The molecule has 0 amide bonds. The van der Waals surface area contributed by atoms with Crippen LogP contribution in [-0.4, -0.2) is 36.2 Å². The smallest absolute Gasteiger partial charge is 0.317 e. The minimum Gasteiger partial charge on any atom is -0.317 e. The molecule has 154 valence electrons. The first-order chi connectivity index (χ1) is 13.9. The van der Waals surface area contributed by atoms with Gasteiger partial charge in [-0.3, -0.25) is 18.8 Å². The fourth-order valence-corrected chi connectivity index (χ4v) is 4.31. The molecule has 3 heterocycles. The minimum absolute atomic E-state index is 0.290. The minimum atomic E-state index is -0.346. The van der Waals surface area contributed by atoms with Gasteiger partial charge >= 0.3 is 5.69 Å². The molecule has 1 atom stereocenters. The van der Waals surface area contributed by atoms with Crippen LogP contribution < -0.4 is 11.2 Å². The lowest BCUT2D eigenvalue weighted by atomic mass is 10.0. The van der Waals surface area contributed by atoms with Gasteiger partial charge in [-0.15, -0.1) is 0 Å². The summed E-state index contributed by atoms with van der Waals surface area (Å²) >= 11 is 0. The van der Waals surface area contributed by atoms with Gasteiger partial charge in [0.15, 0.2) is 11.2 Å². The SMILES string of the molecule is Cc1ccccc1Cn1c(CN2CCCCC2C)nc2c1c(=O)n(C)c(=O)n2C. The van der Waals surface area contributed by atoms with Crippen LogP contribution in [-0.2, 0) is 27.2 Å². The van der Waals surface area contributed by atoms with Crippen molar-refractivity contribution < 1.29 is 0 Å². The van der Waals surface area contributed by atoms with Crippen molar-refractivity contribution in [3.63, 3.8) is 0 Å². The van der Waals surface area contributed by atoms with Crippen molar-refractivity contribution in [2.24, 2.45) is 14.1 Å². The molecular weight excluding hydrogens is 366 g/mol. The number of fused-ring (bicyclic) bond motifs is 1. The standard InChI is InChI=1S/C22H29N5O2/c1-15-9-5-6-11-17(15)13-27-18(14-26-12-8-7-10-16(26)2)23-20-19(27)21(28)25(4)22(29)24(20)3/h5-6,9,11,16H,7-8,10,12-14H2,1-4H3. The molecule has 0 N–H and O–H groups in total. The van der Waals surface area contributed by atoms with Crippen molar-refractivity contribution in [2.45, 2.75) is 52.2 Å². The average Bonchev–Trinajstić information content (AvgIpc) is 3.06. The van der Waals surface area contributed by atoms with Gasteiger partial charge in [-0.05, 0) is 44.4 Å². The van der Waals surface area contributed by atoms with Crippen LogP contribution >= 0.6 is 0 Å². The third-order valence-electron chi connectivity index (χ3n) is 6.30. The second-order valence-corrected chi connectivity index (χ2v) is 8.23. The number of likely N-dealkylation sites (tertiary alicyclic amines) is 1. The number of benzene rings is 1. The zero-order valence-electron chi connectivity index (χ0n) is 17.7. The summed E-state index contributed by atoms with van der Waals surface area (Å²) in [6.45, 7) is 6.61. The maximum atomic E-state index is 13.0. The number of hydrogen-bond donors (Lipinski definition) is 0.